The normalized spacial score (nSPS) is 15.9. The SMILES string of the molecule is C1=C2CC(C(Nc3ccc(-c4ccccc4)cc3)=C1)N(c1ccc(N3c4ccccc4Oc4ccccc43)cc1)c1ccccc12. The molecule has 0 amide bonds. The Kier molecular flexibility index (Phi) is 6.24. The van der Waals surface area contributed by atoms with Crippen LogP contribution in [0.4, 0.5) is 34.1 Å². The summed E-state index contributed by atoms with van der Waals surface area (Å²) in [5.74, 6) is 1.71. The van der Waals surface area contributed by atoms with E-state index in [4.69, 9.17) is 4.74 Å². The first kappa shape index (κ1) is 26.4. The lowest BCUT2D eigenvalue weighted by Gasteiger charge is -2.43. The molecule has 2 bridgehead atoms. The van der Waals surface area contributed by atoms with Gasteiger partial charge in [-0.25, -0.2) is 0 Å². The lowest BCUT2D eigenvalue weighted by atomic mass is 9.85. The van der Waals surface area contributed by atoms with Gasteiger partial charge in [0.25, 0.3) is 0 Å². The minimum absolute atomic E-state index is 0.138. The number of fused-ring (bicyclic) bond motifs is 6. The molecule has 9 rings (SSSR count). The summed E-state index contributed by atoms with van der Waals surface area (Å²) in [6.07, 6.45) is 5.47. The van der Waals surface area contributed by atoms with Gasteiger partial charge in [0.05, 0.1) is 17.4 Å². The minimum Gasteiger partial charge on any atom is -0.453 e. The first-order chi connectivity index (χ1) is 22.8. The standard InChI is InChI=1S/C42H31N3O/c1-2-10-29(11-3-1)30-18-21-32(22-19-30)43-36-27-20-31-28-40(36)44(37-13-5-4-12-35(31)37)33-23-25-34(26-24-33)45-38-14-6-8-16-41(38)46-42-17-9-7-15-39(42)45/h1-27,40,43H,28H2. The highest BCUT2D eigenvalue weighted by molar-refractivity contribution is 5.90. The number of allylic oxidation sites excluding steroid dienone is 2. The molecule has 1 aliphatic carbocycles. The minimum atomic E-state index is 0.138. The molecule has 2 heterocycles. The Morgan fingerprint density at radius 2 is 1.11 bits per heavy atom. The van der Waals surface area contributed by atoms with Crippen molar-refractivity contribution in [1.82, 2.24) is 0 Å². The van der Waals surface area contributed by atoms with Gasteiger partial charge in [0.1, 0.15) is 0 Å². The Morgan fingerprint density at radius 1 is 0.522 bits per heavy atom. The molecule has 3 aliphatic rings. The average molecular weight is 594 g/mol. The highest BCUT2D eigenvalue weighted by Crippen LogP contribution is 2.51. The van der Waals surface area contributed by atoms with Crippen LogP contribution in [-0.4, -0.2) is 6.04 Å². The number of ether oxygens (including phenoxy) is 1. The van der Waals surface area contributed by atoms with Crippen LogP contribution in [0.3, 0.4) is 0 Å². The number of benzene rings is 6. The first-order valence-electron chi connectivity index (χ1n) is 15.8. The first-order valence-corrected chi connectivity index (χ1v) is 15.8. The van der Waals surface area contributed by atoms with Crippen molar-refractivity contribution in [3.8, 4) is 22.6 Å². The van der Waals surface area contributed by atoms with Crippen LogP contribution >= 0.6 is 0 Å². The topological polar surface area (TPSA) is 27.7 Å². The zero-order chi connectivity index (χ0) is 30.5. The van der Waals surface area contributed by atoms with Crippen LogP contribution in [0.2, 0.25) is 0 Å². The number of hydrogen-bond donors (Lipinski definition) is 1. The van der Waals surface area contributed by atoms with Crippen LogP contribution in [0.5, 0.6) is 11.5 Å². The Balaban J connectivity index is 1.07. The molecule has 2 aliphatic heterocycles. The van der Waals surface area contributed by atoms with E-state index in [0.29, 0.717) is 0 Å². The van der Waals surface area contributed by atoms with E-state index in [9.17, 15) is 0 Å². The van der Waals surface area contributed by atoms with Crippen molar-refractivity contribution < 1.29 is 4.74 Å². The Bertz CT molecular complexity index is 2090. The van der Waals surface area contributed by atoms with Crippen molar-refractivity contribution in [3.05, 3.63) is 175 Å². The summed E-state index contributed by atoms with van der Waals surface area (Å²) in [5.41, 5.74) is 12.9. The molecule has 46 heavy (non-hydrogen) atoms. The summed E-state index contributed by atoms with van der Waals surface area (Å²) in [5, 5.41) is 3.78. The summed E-state index contributed by atoms with van der Waals surface area (Å²) < 4.78 is 6.25. The number of para-hydroxylation sites is 5. The quantitative estimate of drug-likeness (QED) is 0.215. The van der Waals surface area contributed by atoms with Gasteiger partial charge in [-0.3, -0.25) is 0 Å². The van der Waals surface area contributed by atoms with Crippen molar-refractivity contribution in [2.45, 2.75) is 12.5 Å². The number of nitrogens with one attached hydrogen (secondary N) is 1. The van der Waals surface area contributed by atoms with Gasteiger partial charge in [-0.1, -0.05) is 91.0 Å². The lowest BCUT2D eigenvalue weighted by Crippen LogP contribution is -2.40. The largest absolute Gasteiger partial charge is 0.453 e. The van der Waals surface area contributed by atoms with E-state index in [1.165, 1.54) is 33.6 Å². The molecule has 6 aromatic rings. The summed E-state index contributed by atoms with van der Waals surface area (Å²) >= 11 is 0. The molecule has 0 aromatic heterocycles. The molecule has 1 N–H and O–H groups in total. The van der Waals surface area contributed by atoms with Crippen molar-refractivity contribution in [3.63, 3.8) is 0 Å². The van der Waals surface area contributed by atoms with Gasteiger partial charge < -0.3 is 19.9 Å². The van der Waals surface area contributed by atoms with Crippen LogP contribution in [0, 0.1) is 0 Å². The molecule has 4 heteroatoms. The molecule has 0 spiro atoms. The van der Waals surface area contributed by atoms with Crippen LogP contribution < -0.4 is 19.9 Å². The highest BCUT2D eigenvalue weighted by atomic mass is 16.5. The molecule has 0 saturated carbocycles. The van der Waals surface area contributed by atoms with E-state index in [-0.39, 0.29) is 6.04 Å². The van der Waals surface area contributed by atoms with Crippen molar-refractivity contribution in [2.75, 3.05) is 15.1 Å². The molecule has 0 saturated heterocycles. The molecule has 0 fully saturated rings. The average Bonchev–Trinajstić information content (AvgIpc) is 3.13. The molecule has 6 aromatic carbocycles. The molecule has 4 nitrogen and oxygen atoms in total. The van der Waals surface area contributed by atoms with Gasteiger partial charge >= 0.3 is 0 Å². The maximum absolute atomic E-state index is 6.25. The third kappa shape index (κ3) is 4.46. The molecule has 220 valence electrons. The van der Waals surface area contributed by atoms with Crippen LogP contribution in [0.15, 0.2) is 170 Å². The fourth-order valence-corrected chi connectivity index (χ4v) is 6.97. The Morgan fingerprint density at radius 3 is 1.83 bits per heavy atom. The zero-order valence-corrected chi connectivity index (χ0v) is 25.2. The van der Waals surface area contributed by atoms with E-state index in [1.54, 1.807) is 0 Å². The van der Waals surface area contributed by atoms with Gasteiger partial charge in [-0.15, -0.1) is 0 Å². The smallest absolute Gasteiger partial charge is 0.151 e. The fourth-order valence-electron chi connectivity index (χ4n) is 6.97. The van der Waals surface area contributed by atoms with E-state index in [0.717, 1.165) is 46.4 Å². The van der Waals surface area contributed by atoms with Crippen LogP contribution in [0.1, 0.15) is 12.0 Å². The molecular weight excluding hydrogens is 562 g/mol. The number of rotatable bonds is 5. The van der Waals surface area contributed by atoms with Crippen LogP contribution in [0.25, 0.3) is 16.7 Å². The maximum atomic E-state index is 6.25. The van der Waals surface area contributed by atoms with Gasteiger partial charge in [0.15, 0.2) is 11.5 Å². The van der Waals surface area contributed by atoms with Gasteiger partial charge in [0.2, 0.25) is 0 Å². The Labute approximate surface area is 269 Å². The lowest BCUT2D eigenvalue weighted by molar-refractivity contribution is 0.477. The van der Waals surface area contributed by atoms with Gasteiger partial charge in [-0.05, 0) is 95.9 Å². The summed E-state index contributed by atoms with van der Waals surface area (Å²) in [4.78, 5) is 4.78. The zero-order valence-electron chi connectivity index (χ0n) is 25.2. The molecule has 1 atom stereocenters. The monoisotopic (exact) mass is 593 g/mol. The number of hydrogen-bond acceptors (Lipinski definition) is 4. The second-order valence-corrected chi connectivity index (χ2v) is 11.9. The van der Waals surface area contributed by atoms with E-state index in [1.807, 2.05) is 24.3 Å². The number of nitrogens with zero attached hydrogens (tertiary/aromatic N) is 2. The van der Waals surface area contributed by atoms with Gasteiger partial charge in [-0.2, -0.15) is 0 Å². The van der Waals surface area contributed by atoms with Crippen molar-refractivity contribution in [2.24, 2.45) is 0 Å². The maximum Gasteiger partial charge on any atom is 0.151 e. The summed E-state index contributed by atoms with van der Waals surface area (Å²) in [6, 6.07) is 53.6. The summed E-state index contributed by atoms with van der Waals surface area (Å²) in [7, 11) is 0. The summed E-state index contributed by atoms with van der Waals surface area (Å²) in [6.45, 7) is 0. The predicted molar refractivity (Wildman–Crippen MR) is 190 cm³/mol. The molecular formula is C42H31N3O. The van der Waals surface area contributed by atoms with E-state index >= 15 is 0 Å². The second-order valence-electron chi connectivity index (χ2n) is 11.9. The second kappa shape index (κ2) is 10.9. The van der Waals surface area contributed by atoms with Crippen molar-refractivity contribution >= 4 is 39.7 Å². The Hall–Kier alpha value is -6.00. The highest BCUT2D eigenvalue weighted by Gasteiger charge is 2.35. The van der Waals surface area contributed by atoms with Crippen LogP contribution in [-0.2, 0) is 0 Å². The van der Waals surface area contributed by atoms with E-state index in [2.05, 4.69) is 155 Å². The van der Waals surface area contributed by atoms with E-state index < -0.39 is 0 Å². The third-order valence-electron chi connectivity index (χ3n) is 9.16. The fraction of sp³-hybridized carbons (Fsp3) is 0.0476. The van der Waals surface area contributed by atoms with Crippen molar-refractivity contribution in [1.29, 1.82) is 0 Å². The third-order valence-corrected chi connectivity index (χ3v) is 9.16. The number of anilines is 6. The molecule has 1 unspecified atom stereocenters. The predicted octanol–water partition coefficient (Wildman–Crippen LogP) is 11.2. The van der Waals surface area contributed by atoms with Gasteiger partial charge in [0, 0.05) is 34.0 Å². The molecule has 0 radical (unpaired) electrons.